The van der Waals surface area contributed by atoms with Gasteiger partial charge < -0.3 is 10.6 Å². The van der Waals surface area contributed by atoms with Crippen LogP contribution in [0.4, 0.5) is 0 Å². The van der Waals surface area contributed by atoms with Crippen LogP contribution in [0.1, 0.15) is 26.3 Å². The summed E-state index contributed by atoms with van der Waals surface area (Å²) in [5.74, 6) is -0.0556. The molecule has 1 amide bonds. The maximum Gasteiger partial charge on any atom is 0.239 e. The molecule has 0 saturated heterocycles. The Kier molecular flexibility index (Phi) is 4.97. The van der Waals surface area contributed by atoms with E-state index in [1.165, 1.54) is 0 Å². The fourth-order valence-electron chi connectivity index (χ4n) is 1.59. The summed E-state index contributed by atoms with van der Waals surface area (Å²) in [4.78, 5) is 13.7. The topological polar surface area (TPSA) is 46.3 Å². The molecule has 0 heterocycles. The second-order valence-electron chi connectivity index (χ2n) is 4.44. The van der Waals surface area contributed by atoms with Crippen LogP contribution in [0.15, 0.2) is 24.3 Å². The number of rotatable bonds is 4. The van der Waals surface area contributed by atoms with Gasteiger partial charge in [-0.15, -0.1) is 0 Å². The number of nitrogens with zero attached hydrogens (tertiary/aromatic N) is 1. The van der Waals surface area contributed by atoms with E-state index in [1.54, 1.807) is 11.8 Å². The van der Waals surface area contributed by atoms with Gasteiger partial charge in [-0.25, -0.2) is 0 Å². The fourth-order valence-corrected chi connectivity index (χ4v) is 1.78. The molecule has 0 fully saturated rings. The summed E-state index contributed by atoms with van der Waals surface area (Å²) >= 11 is 6.09. The van der Waals surface area contributed by atoms with E-state index < -0.39 is 6.04 Å². The van der Waals surface area contributed by atoms with Gasteiger partial charge in [0, 0.05) is 17.6 Å². The van der Waals surface area contributed by atoms with Gasteiger partial charge in [-0.2, -0.15) is 0 Å². The Balaban J connectivity index is 2.88. The Morgan fingerprint density at radius 3 is 2.41 bits per heavy atom. The molecule has 0 radical (unpaired) electrons. The van der Waals surface area contributed by atoms with Crippen molar-refractivity contribution in [2.24, 2.45) is 5.73 Å². The monoisotopic (exact) mass is 254 g/mol. The molecule has 0 aromatic heterocycles. The average molecular weight is 255 g/mol. The van der Waals surface area contributed by atoms with E-state index in [0.717, 1.165) is 5.56 Å². The minimum atomic E-state index is -0.486. The van der Waals surface area contributed by atoms with Gasteiger partial charge in [-0.3, -0.25) is 4.79 Å². The molecule has 1 unspecified atom stereocenters. The van der Waals surface area contributed by atoms with Crippen LogP contribution in [-0.2, 0) is 11.3 Å². The van der Waals surface area contributed by atoms with Gasteiger partial charge in [-0.05, 0) is 32.4 Å². The third-order valence-corrected chi connectivity index (χ3v) is 2.96. The molecule has 17 heavy (non-hydrogen) atoms. The Morgan fingerprint density at radius 2 is 1.94 bits per heavy atom. The summed E-state index contributed by atoms with van der Waals surface area (Å²) in [5.41, 5.74) is 6.58. The Labute approximate surface area is 108 Å². The normalized spacial score (nSPS) is 12.6. The van der Waals surface area contributed by atoms with Crippen LogP contribution in [0.3, 0.4) is 0 Å². The first kappa shape index (κ1) is 14.0. The van der Waals surface area contributed by atoms with Crippen molar-refractivity contribution >= 4 is 17.5 Å². The van der Waals surface area contributed by atoms with Gasteiger partial charge in [0.05, 0.1) is 6.04 Å². The lowest BCUT2D eigenvalue weighted by molar-refractivity contribution is -0.134. The van der Waals surface area contributed by atoms with Crippen molar-refractivity contribution in [1.29, 1.82) is 0 Å². The molecule has 0 aliphatic carbocycles. The second kappa shape index (κ2) is 6.03. The maximum absolute atomic E-state index is 12.0. The van der Waals surface area contributed by atoms with Crippen LogP contribution in [0.5, 0.6) is 0 Å². The number of carbonyl (C=O) groups is 1. The summed E-state index contributed by atoms with van der Waals surface area (Å²) in [5, 5.41) is 0.677. The molecule has 0 aliphatic rings. The number of amides is 1. The van der Waals surface area contributed by atoms with Gasteiger partial charge >= 0.3 is 0 Å². The number of benzene rings is 1. The Bertz CT molecular complexity index is 391. The minimum absolute atomic E-state index is 0.0556. The molecule has 4 heteroatoms. The first-order valence-electron chi connectivity index (χ1n) is 5.73. The SMILES string of the molecule is CC(N)C(=O)N(Cc1ccccc1Cl)C(C)C. The van der Waals surface area contributed by atoms with E-state index in [2.05, 4.69) is 0 Å². The predicted octanol–water partition coefficient (Wildman–Crippen LogP) is 2.42. The van der Waals surface area contributed by atoms with Gasteiger partial charge in [0.2, 0.25) is 5.91 Å². The predicted molar refractivity (Wildman–Crippen MR) is 70.8 cm³/mol. The minimum Gasteiger partial charge on any atom is -0.335 e. The second-order valence-corrected chi connectivity index (χ2v) is 4.85. The molecule has 0 spiro atoms. The molecule has 1 rings (SSSR count). The third kappa shape index (κ3) is 3.72. The van der Waals surface area contributed by atoms with Crippen molar-refractivity contribution in [1.82, 2.24) is 4.90 Å². The van der Waals surface area contributed by atoms with Crippen LogP contribution in [-0.4, -0.2) is 22.9 Å². The van der Waals surface area contributed by atoms with E-state index in [-0.39, 0.29) is 11.9 Å². The zero-order chi connectivity index (χ0) is 13.0. The van der Waals surface area contributed by atoms with E-state index >= 15 is 0 Å². The summed E-state index contributed by atoms with van der Waals surface area (Å²) in [7, 11) is 0. The third-order valence-electron chi connectivity index (χ3n) is 2.59. The lowest BCUT2D eigenvalue weighted by Crippen LogP contribution is -2.45. The van der Waals surface area contributed by atoms with E-state index in [1.807, 2.05) is 38.1 Å². The number of hydrogen-bond donors (Lipinski definition) is 1. The Hall–Kier alpha value is -1.06. The molecular formula is C13H19ClN2O. The van der Waals surface area contributed by atoms with E-state index in [4.69, 9.17) is 17.3 Å². The van der Waals surface area contributed by atoms with Crippen molar-refractivity contribution in [2.45, 2.75) is 39.4 Å². The summed E-state index contributed by atoms with van der Waals surface area (Å²) in [6.07, 6.45) is 0. The van der Waals surface area contributed by atoms with Crippen molar-refractivity contribution in [3.63, 3.8) is 0 Å². The lowest BCUT2D eigenvalue weighted by atomic mass is 10.1. The molecule has 0 aliphatic heterocycles. The highest BCUT2D eigenvalue weighted by Crippen LogP contribution is 2.18. The van der Waals surface area contributed by atoms with Crippen LogP contribution in [0.25, 0.3) is 0 Å². The molecule has 1 aromatic carbocycles. The number of hydrogen-bond acceptors (Lipinski definition) is 2. The molecule has 1 aromatic rings. The molecule has 0 bridgehead atoms. The quantitative estimate of drug-likeness (QED) is 0.897. The molecule has 0 saturated carbocycles. The van der Waals surface area contributed by atoms with Gasteiger partial charge in [0.15, 0.2) is 0 Å². The molecule has 94 valence electrons. The van der Waals surface area contributed by atoms with E-state index in [0.29, 0.717) is 11.6 Å². The molecule has 3 nitrogen and oxygen atoms in total. The molecule has 1 atom stereocenters. The van der Waals surface area contributed by atoms with Gasteiger partial charge in [0.25, 0.3) is 0 Å². The average Bonchev–Trinajstić information content (AvgIpc) is 2.26. The number of nitrogens with two attached hydrogens (primary N) is 1. The van der Waals surface area contributed by atoms with Crippen molar-refractivity contribution in [2.75, 3.05) is 0 Å². The highest BCUT2D eigenvalue weighted by molar-refractivity contribution is 6.31. The molecular weight excluding hydrogens is 236 g/mol. The fraction of sp³-hybridized carbons (Fsp3) is 0.462. The van der Waals surface area contributed by atoms with Crippen LogP contribution in [0.2, 0.25) is 5.02 Å². The highest BCUT2D eigenvalue weighted by Gasteiger charge is 2.20. The highest BCUT2D eigenvalue weighted by atomic mass is 35.5. The summed E-state index contributed by atoms with van der Waals surface area (Å²) < 4.78 is 0. The van der Waals surface area contributed by atoms with Crippen molar-refractivity contribution in [3.05, 3.63) is 34.9 Å². The number of carbonyl (C=O) groups excluding carboxylic acids is 1. The first-order valence-corrected chi connectivity index (χ1v) is 6.10. The first-order chi connectivity index (χ1) is 7.93. The maximum atomic E-state index is 12.0. The zero-order valence-corrected chi connectivity index (χ0v) is 11.2. The van der Waals surface area contributed by atoms with Gasteiger partial charge in [0.1, 0.15) is 0 Å². The summed E-state index contributed by atoms with van der Waals surface area (Å²) in [6.45, 7) is 6.14. The summed E-state index contributed by atoms with van der Waals surface area (Å²) in [6, 6.07) is 7.15. The number of halogens is 1. The van der Waals surface area contributed by atoms with Crippen molar-refractivity contribution in [3.8, 4) is 0 Å². The molecule has 2 N–H and O–H groups in total. The van der Waals surface area contributed by atoms with E-state index in [9.17, 15) is 4.79 Å². The zero-order valence-electron chi connectivity index (χ0n) is 10.5. The Morgan fingerprint density at radius 1 is 1.35 bits per heavy atom. The van der Waals surface area contributed by atoms with Crippen LogP contribution in [0, 0.1) is 0 Å². The lowest BCUT2D eigenvalue weighted by Gasteiger charge is -2.28. The van der Waals surface area contributed by atoms with Crippen molar-refractivity contribution < 1.29 is 4.79 Å². The standard InChI is InChI=1S/C13H19ClN2O/c1-9(2)16(13(17)10(3)15)8-11-6-4-5-7-12(11)14/h4-7,9-10H,8,15H2,1-3H3. The largest absolute Gasteiger partial charge is 0.335 e. The smallest absolute Gasteiger partial charge is 0.239 e. The van der Waals surface area contributed by atoms with Crippen LogP contribution < -0.4 is 5.73 Å². The van der Waals surface area contributed by atoms with Gasteiger partial charge in [-0.1, -0.05) is 29.8 Å². The van der Waals surface area contributed by atoms with Crippen LogP contribution >= 0.6 is 11.6 Å².